The standard InChI is InChI=1S/C9H20N2/c1-7(2)6-9(4,11-5)8(3)10/h7,10-11H,6H2,1-5H3. The Kier molecular flexibility index (Phi) is 3.73. The van der Waals surface area contributed by atoms with Crippen LogP contribution in [0.1, 0.15) is 34.1 Å². The molecule has 0 rings (SSSR count). The van der Waals surface area contributed by atoms with E-state index in [-0.39, 0.29) is 5.54 Å². The van der Waals surface area contributed by atoms with Gasteiger partial charge in [-0.2, -0.15) is 0 Å². The van der Waals surface area contributed by atoms with E-state index >= 15 is 0 Å². The number of nitrogens with one attached hydrogen (secondary N) is 2. The minimum Gasteiger partial charge on any atom is -0.310 e. The van der Waals surface area contributed by atoms with E-state index in [1.54, 1.807) is 0 Å². The molecule has 0 amide bonds. The van der Waals surface area contributed by atoms with E-state index < -0.39 is 0 Å². The van der Waals surface area contributed by atoms with Crippen molar-refractivity contribution in [2.45, 2.75) is 39.7 Å². The topological polar surface area (TPSA) is 35.9 Å². The highest BCUT2D eigenvalue weighted by atomic mass is 14.9. The van der Waals surface area contributed by atoms with E-state index in [1.807, 2.05) is 14.0 Å². The molecule has 2 N–H and O–H groups in total. The molecular formula is C9H20N2. The summed E-state index contributed by atoms with van der Waals surface area (Å²) in [5.74, 6) is 0.632. The third kappa shape index (κ3) is 3.02. The van der Waals surface area contributed by atoms with Crippen LogP contribution in [0.25, 0.3) is 0 Å². The zero-order chi connectivity index (χ0) is 9.07. The van der Waals surface area contributed by atoms with E-state index in [2.05, 4.69) is 26.1 Å². The number of hydrogen-bond donors (Lipinski definition) is 2. The fourth-order valence-corrected chi connectivity index (χ4v) is 1.26. The average Bonchev–Trinajstić information content (AvgIpc) is 1.86. The Morgan fingerprint density at radius 3 is 2.09 bits per heavy atom. The molecule has 0 fully saturated rings. The lowest BCUT2D eigenvalue weighted by atomic mass is 9.87. The minimum absolute atomic E-state index is 0.103. The highest BCUT2D eigenvalue weighted by molar-refractivity contribution is 5.88. The van der Waals surface area contributed by atoms with E-state index in [9.17, 15) is 0 Å². The van der Waals surface area contributed by atoms with Crippen molar-refractivity contribution in [2.24, 2.45) is 5.92 Å². The van der Waals surface area contributed by atoms with Crippen molar-refractivity contribution in [1.82, 2.24) is 5.32 Å². The Morgan fingerprint density at radius 1 is 1.55 bits per heavy atom. The molecule has 0 aliphatic heterocycles. The molecule has 0 aliphatic rings. The summed E-state index contributed by atoms with van der Waals surface area (Å²) in [6.45, 7) is 8.30. The third-order valence-corrected chi connectivity index (χ3v) is 2.20. The molecule has 0 bridgehead atoms. The molecule has 66 valence electrons. The second kappa shape index (κ2) is 3.86. The van der Waals surface area contributed by atoms with E-state index in [4.69, 9.17) is 5.41 Å². The first kappa shape index (κ1) is 10.6. The van der Waals surface area contributed by atoms with Crippen LogP contribution >= 0.6 is 0 Å². The fourth-order valence-electron chi connectivity index (χ4n) is 1.26. The fraction of sp³-hybridized carbons (Fsp3) is 0.889. The average molecular weight is 156 g/mol. The maximum atomic E-state index is 7.58. The maximum Gasteiger partial charge on any atom is 0.0530 e. The van der Waals surface area contributed by atoms with Crippen LogP contribution in [0.4, 0.5) is 0 Å². The Morgan fingerprint density at radius 2 is 2.00 bits per heavy atom. The molecule has 0 aromatic heterocycles. The number of hydrogen-bond acceptors (Lipinski definition) is 2. The zero-order valence-electron chi connectivity index (χ0n) is 8.28. The Hall–Kier alpha value is -0.370. The second-order valence-corrected chi connectivity index (χ2v) is 3.81. The highest BCUT2D eigenvalue weighted by Crippen LogP contribution is 2.16. The van der Waals surface area contributed by atoms with Crippen LogP contribution in [0.5, 0.6) is 0 Å². The normalized spacial score (nSPS) is 16.5. The summed E-state index contributed by atoms with van der Waals surface area (Å²) in [5.41, 5.74) is 0.613. The quantitative estimate of drug-likeness (QED) is 0.600. The molecule has 0 saturated heterocycles. The predicted molar refractivity (Wildman–Crippen MR) is 50.3 cm³/mol. The summed E-state index contributed by atoms with van der Waals surface area (Å²) in [6.07, 6.45) is 1.03. The molecule has 0 heterocycles. The van der Waals surface area contributed by atoms with Crippen molar-refractivity contribution in [1.29, 1.82) is 5.41 Å². The smallest absolute Gasteiger partial charge is 0.0530 e. The van der Waals surface area contributed by atoms with Crippen molar-refractivity contribution >= 4 is 5.71 Å². The molecule has 0 aromatic carbocycles. The van der Waals surface area contributed by atoms with Crippen molar-refractivity contribution in [3.05, 3.63) is 0 Å². The monoisotopic (exact) mass is 156 g/mol. The van der Waals surface area contributed by atoms with Crippen molar-refractivity contribution in [3.8, 4) is 0 Å². The van der Waals surface area contributed by atoms with Crippen molar-refractivity contribution < 1.29 is 0 Å². The van der Waals surface area contributed by atoms with E-state index in [1.165, 1.54) is 0 Å². The van der Waals surface area contributed by atoms with Crippen LogP contribution in [-0.2, 0) is 0 Å². The summed E-state index contributed by atoms with van der Waals surface area (Å²) in [7, 11) is 1.92. The predicted octanol–water partition coefficient (Wildman–Crippen LogP) is 2.05. The van der Waals surface area contributed by atoms with Gasteiger partial charge in [0.1, 0.15) is 0 Å². The molecule has 11 heavy (non-hydrogen) atoms. The lowest BCUT2D eigenvalue weighted by molar-refractivity contribution is 0.401. The van der Waals surface area contributed by atoms with Gasteiger partial charge in [-0.25, -0.2) is 0 Å². The van der Waals surface area contributed by atoms with Crippen LogP contribution < -0.4 is 5.32 Å². The van der Waals surface area contributed by atoms with Gasteiger partial charge >= 0.3 is 0 Å². The first-order chi connectivity index (χ1) is 4.92. The van der Waals surface area contributed by atoms with Gasteiger partial charge in [0.05, 0.1) is 5.54 Å². The van der Waals surface area contributed by atoms with Gasteiger partial charge in [-0.05, 0) is 33.2 Å². The van der Waals surface area contributed by atoms with Crippen LogP contribution in [0.3, 0.4) is 0 Å². The Balaban J connectivity index is 4.22. The molecule has 0 aliphatic carbocycles. The molecule has 0 aromatic rings. The number of rotatable bonds is 4. The molecule has 0 radical (unpaired) electrons. The van der Waals surface area contributed by atoms with Gasteiger partial charge in [-0.3, -0.25) is 0 Å². The van der Waals surface area contributed by atoms with Crippen LogP contribution in [0, 0.1) is 11.3 Å². The van der Waals surface area contributed by atoms with Crippen molar-refractivity contribution in [3.63, 3.8) is 0 Å². The largest absolute Gasteiger partial charge is 0.310 e. The first-order valence-corrected chi connectivity index (χ1v) is 4.17. The van der Waals surface area contributed by atoms with Gasteiger partial charge in [0.2, 0.25) is 0 Å². The van der Waals surface area contributed by atoms with Crippen molar-refractivity contribution in [2.75, 3.05) is 7.05 Å². The minimum atomic E-state index is -0.103. The lowest BCUT2D eigenvalue weighted by Gasteiger charge is -2.30. The van der Waals surface area contributed by atoms with Crippen LogP contribution in [0.15, 0.2) is 0 Å². The summed E-state index contributed by atoms with van der Waals surface area (Å²) in [5, 5.41) is 10.8. The van der Waals surface area contributed by atoms with Gasteiger partial charge < -0.3 is 10.7 Å². The Labute approximate surface area is 69.9 Å². The van der Waals surface area contributed by atoms with Gasteiger partial charge in [0, 0.05) is 5.71 Å². The summed E-state index contributed by atoms with van der Waals surface area (Å²) < 4.78 is 0. The maximum absolute atomic E-state index is 7.58. The van der Waals surface area contributed by atoms with Crippen LogP contribution in [-0.4, -0.2) is 18.3 Å². The van der Waals surface area contributed by atoms with E-state index in [0.717, 1.165) is 6.42 Å². The first-order valence-electron chi connectivity index (χ1n) is 4.17. The summed E-state index contributed by atoms with van der Waals surface area (Å²) in [4.78, 5) is 0. The van der Waals surface area contributed by atoms with Gasteiger partial charge in [-0.1, -0.05) is 13.8 Å². The molecule has 2 heteroatoms. The Bertz CT molecular complexity index is 140. The summed E-state index contributed by atoms with van der Waals surface area (Å²) in [6, 6.07) is 0. The molecule has 2 nitrogen and oxygen atoms in total. The van der Waals surface area contributed by atoms with Gasteiger partial charge in [0.15, 0.2) is 0 Å². The zero-order valence-corrected chi connectivity index (χ0v) is 8.28. The van der Waals surface area contributed by atoms with E-state index in [0.29, 0.717) is 11.6 Å². The van der Waals surface area contributed by atoms with Gasteiger partial charge in [-0.15, -0.1) is 0 Å². The molecule has 1 unspecified atom stereocenters. The SMILES string of the molecule is CNC(C)(CC(C)C)C(C)=N. The third-order valence-electron chi connectivity index (χ3n) is 2.20. The molecular weight excluding hydrogens is 136 g/mol. The second-order valence-electron chi connectivity index (χ2n) is 3.81. The van der Waals surface area contributed by atoms with Crippen LogP contribution in [0.2, 0.25) is 0 Å². The molecule has 1 atom stereocenters. The summed E-state index contributed by atoms with van der Waals surface area (Å²) >= 11 is 0. The molecule has 0 saturated carbocycles. The van der Waals surface area contributed by atoms with Gasteiger partial charge in [0.25, 0.3) is 0 Å². The molecule has 0 spiro atoms. The highest BCUT2D eigenvalue weighted by Gasteiger charge is 2.25. The lowest BCUT2D eigenvalue weighted by Crippen LogP contribution is -2.46.